The van der Waals surface area contributed by atoms with Gasteiger partial charge in [-0.3, -0.25) is 14.2 Å². The minimum atomic E-state index is -5.70. The van der Waals surface area contributed by atoms with Crippen molar-refractivity contribution in [2.24, 2.45) is 0 Å². The number of nitrogens with zero attached hydrogens (tertiary/aromatic N) is 2. The summed E-state index contributed by atoms with van der Waals surface area (Å²) in [5.74, 6) is -7.04. The summed E-state index contributed by atoms with van der Waals surface area (Å²) in [7, 11) is -16.6. The maximum Gasteiger partial charge on any atom is 1.00 e. The Morgan fingerprint density at radius 3 is 1.63 bits per heavy atom. The van der Waals surface area contributed by atoms with Gasteiger partial charge >= 0.3 is 136 Å². The van der Waals surface area contributed by atoms with Crippen LogP contribution in [-0.4, -0.2) is 63.7 Å². The third kappa shape index (κ3) is 15.2. The van der Waals surface area contributed by atoms with Crippen LogP contribution in [0.4, 0.5) is 0 Å². The Bertz CT molecular complexity index is 2190. The van der Waals surface area contributed by atoms with Crippen molar-refractivity contribution in [3.63, 3.8) is 0 Å². The maximum absolute atomic E-state index is 13.8. The molecule has 57 heavy (non-hydrogen) atoms. The molecule has 18 nitrogen and oxygen atoms in total. The summed E-state index contributed by atoms with van der Waals surface area (Å²) in [6, 6.07) is 22.6. The van der Waals surface area contributed by atoms with Crippen LogP contribution in [-0.2, 0) is 27.9 Å². The average molecular weight is 880 g/mol. The van der Waals surface area contributed by atoms with E-state index in [-0.39, 0.29) is 139 Å². The van der Waals surface area contributed by atoms with Crippen LogP contribution in [0.25, 0.3) is 0 Å². The van der Waals surface area contributed by atoms with Gasteiger partial charge in [-0.1, -0.05) is 54.6 Å². The molecule has 4 aromatic rings. The Morgan fingerprint density at radius 2 is 1.16 bits per heavy atom. The van der Waals surface area contributed by atoms with E-state index in [1.807, 2.05) is 0 Å². The van der Waals surface area contributed by atoms with Crippen molar-refractivity contribution in [1.29, 1.82) is 0 Å². The van der Waals surface area contributed by atoms with Crippen LogP contribution in [0.3, 0.4) is 0 Å². The molecule has 0 radical (unpaired) electrons. The quantitative estimate of drug-likeness (QED) is 0.0685. The summed E-state index contributed by atoms with van der Waals surface area (Å²) in [4.78, 5) is 125. The molecule has 2 heterocycles. The van der Waals surface area contributed by atoms with Crippen LogP contribution in [0.15, 0.2) is 113 Å². The minimum absolute atomic E-state index is 0. The summed E-state index contributed by atoms with van der Waals surface area (Å²) in [6.45, 7) is -1.17. The minimum Gasteiger partial charge on any atom is -0.796 e. The number of aromatic nitrogens is 2. The van der Waals surface area contributed by atoms with E-state index >= 15 is 0 Å². The Labute approximate surface area is 413 Å². The molecule has 5 rings (SSSR count). The van der Waals surface area contributed by atoms with Crippen LogP contribution in [0.2, 0.25) is 0 Å². The summed E-state index contributed by atoms with van der Waals surface area (Å²) in [5, 5.41) is 0. The third-order valence-corrected chi connectivity index (χ3v) is 14.3. The second-order valence-corrected chi connectivity index (χ2v) is 18.1. The maximum atomic E-state index is 13.8. The van der Waals surface area contributed by atoms with Crippen molar-refractivity contribution in [3.8, 4) is 0 Å². The zero-order valence-electron chi connectivity index (χ0n) is 31.0. The first-order chi connectivity index (χ1) is 24.9. The zero-order valence-corrected chi connectivity index (χ0v) is 41.7. The van der Waals surface area contributed by atoms with Gasteiger partial charge in [0.15, 0.2) is 18.4 Å². The average Bonchev–Trinajstić information content (AvgIpc) is 3.42. The molecule has 3 aromatic carbocycles. The molecule has 1 aromatic heterocycles. The number of benzene rings is 3. The molecular weight excluding hydrogens is 853 g/mol. The molecule has 2 unspecified atom stereocenters. The van der Waals surface area contributed by atoms with E-state index in [4.69, 9.17) is 18.7 Å². The predicted octanol–water partition coefficient (Wildman–Crippen LogP) is -13.0. The van der Waals surface area contributed by atoms with Crippen LogP contribution >= 0.6 is 22.9 Å². The number of ether oxygens (including phenoxy) is 3. The Balaban J connectivity index is 0.00000406. The predicted molar refractivity (Wildman–Crippen MR) is 174 cm³/mol. The van der Waals surface area contributed by atoms with E-state index in [1.54, 1.807) is 18.2 Å². The van der Waals surface area contributed by atoms with Crippen molar-refractivity contribution < 1.29 is 185 Å². The molecule has 0 N–H and O–H groups in total. The van der Waals surface area contributed by atoms with Gasteiger partial charge in [-0.15, -0.1) is 0 Å². The van der Waals surface area contributed by atoms with E-state index in [1.165, 1.54) is 72.8 Å². The number of carbonyl (C=O) groups is 3. The van der Waals surface area contributed by atoms with Gasteiger partial charge in [0, 0.05) is 17.8 Å². The molecule has 280 valence electrons. The molecule has 0 saturated carbocycles. The van der Waals surface area contributed by atoms with E-state index in [0.717, 1.165) is 12.3 Å². The van der Waals surface area contributed by atoms with Crippen molar-refractivity contribution in [2.75, 3.05) is 18.4 Å². The molecule has 0 bridgehead atoms. The van der Waals surface area contributed by atoms with Gasteiger partial charge in [0.1, 0.15) is 13.7 Å². The number of rotatable bonds is 13. The first kappa shape index (κ1) is 54.6. The molecule has 0 aliphatic carbocycles. The Hall–Kier alpha value is -0.440. The van der Waals surface area contributed by atoms with Gasteiger partial charge in [-0.2, -0.15) is 12.5 Å². The molecule has 1 saturated heterocycles. The second kappa shape index (κ2) is 23.7. The molecular formula is C32H27N2Na4O16P3. The molecule has 1 aliphatic heterocycles. The van der Waals surface area contributed by atoms with Crippen LogP contribution in [0, 0.1) is 0 Å². The van der Waals surface area contributed by atoms with Gasteiger partial charge in [0.25, 0.3) is 11.5 Å². The monoisotopic (exact) mass is 880 g/mol. The van der Waals surface area contributed by atoms with E-state index in [9.17, 15) is 57.6 Å². The smallest absolute Gasteiger partial charge is 0.796 e. The van der Waals surface area contributed by atoms with Crippen LogP contribution in [0.1, 0.15) is 37.3 Å². The van der Waals surface area contributed by atoms with Crippen LogP contribution < -0.4 is 154 Å². The fourth-order valence-corrected chi connectivity index (χ4v) is 11.3. The zero-order chi connectivity index (χ0) is 38.6. The molecule has 25 heteroatoms. The van der Waals surface area contributed by atoms with Gasteiger partial charge in [-0.05, 0) is 36.4 Å². The SMILES string of the molecule is O=C(O[C@@H]1[C@H](OC(=O)c2ccccc2)[C@@H](COP(=O)([O-])CP(=O)([O-])C[P+]([O-])([O-])[O-])O[C@H]1n1ccc(=O)n(C(=O)c2ccccc2)c1=O)c1ccccc1.[Na+].[Na+].[Na+].[Na+]. The molecule has 1 aliphatic rings. The summed E-state index contributed by atoms with van der Waals surface area (Å²) >= 11 is 0. The number of carbonyl (C=O) groups excluding carboxylic acids is 3. The number of hydrogen-bond donors (Lipinski definition) is 0. The van der Waals surface area contributed by atoms with Crippen molar-refractivity contribution in [3.05, 3.63) is 141 Å². The van der Waals surface area contributed by atoms with Crippen molar-refractivity contribution in [1.82, 2.24) is 9.13 Å². The van der Waals surface area contributed by atoms with Crippen molar-refractivity contribution in [2.45, 2.75) is 24.5 Å². The Kier molecular flexibility index (Phi) is 22.7. The Morgan fingerprint density at radius 1 is 0.702 bits per heavy atom. The normalized spacial score (nSPS) is 19.4. The largest absolute Gasteiger partial charge is 1.00 e. The topological polar surface area (TPSA) is 282 Å². The summed E-state index contributed by atoms with van der Waals surface area (Å²) in [5.41, 5.74) is -2.49. The first-order valence-electron chi connectivity index (χ1n) is 15.3. The molecule has 0 spiro atoms. The third-order valence-electron chi connectivity index (χ3n) is 7.51. The first-order valence-corrected chi connectivity index (χ1v) is 20.8. The standard InChI is InChI=1S/C32H31N2O16P3.4Na/c35-25-16-17-33(32(39)34(25)28(36)21-10-4-1-5-11-21)29-27(50-31(38)23-14-8-3-9-15-23)26(49-30(37)22-12-6-2-7-13-22)24(48-29)18-47-53(45,46)20-51(40,41)19-52(42,43)44;;;;/h1-17,24,26-27,29H,18-20H2,(H,40,41)(H,45,46)(H2,42,43,44);;;;/q;4*+1/p-4/t24-,26-,27-,29-;;;;/m1..../s1. The van der Waals surface area contributed by atoms with E-state index < -0.39 is 95.0 Å². The molecule has 6 atom stereocenters. The molecule has 1 fully saturated rings. The fourth-order valence-electron chi connectivity index (χ4n) is 5.25. The number of hydrogen-bond acceptors (Lipinski definition) is 16. The second-order valence-electron chi connectivity index (χ2n) is 11.5. The van der Waals surface area contributed by atoms with Gasteiger partial charge in [0.05, 0.1) is 36.9 Å². The van der Waals surface area contributed by atoms with Crippen molar-refractivity contribution >= 4 is 40.8 Å². The summed E-state index contributed by atoms with van der Waals surface area (Å²) in [6.07, 6.45) is -6.45. The summed E-state index contributed by atoms with van der Waals surface area (Å²) < 4.78 is 48.0. The van der Waals surface area contributed by atoms with Gasteiger partial charge < -0.3 is 52.3 Å². The fraction of sp³-hybridized carbons (Fsp3) is 0.219. The van der Waals surface area contributed by atoms with Gasteiger partial charge in [-0.25, -0.2) is 14.4 Å². The van der Waals surface area contributed by atoms with E-state index in [0.29, 0.717) is 4.57 Å². The van der Waals surface area contributed by atoms with Crippen LogP contribution in [0.5, 0.6) is 0 Å². The van der Waals surface area contributed by atoms with Gasteiger partial charge in [0.2, 0.25) is 0 Å². The van der Waals surface area contributed by atoms with E-state index in [2.05, 4.69) is 0 Å². The molecule has 0 amide bonds. The number of esters is 2.